The van der Waals surface area contributed by atoms with Crippen LogP contribution in [-0.2, 0) is 15.1 Å². The topological polar surface area (TPSA) is 92.4 Å². The molecule has 1 saturated carbocycles. The van der Waals surface area contributed by atoms with Crippen LogP contribution in [0.5, 0.6) is 0 Å². The van der Waals surface area contributed by atoms with Crippen LogP contribution in [0.2, 0.25) is 0 Å². The van der Waals surface area contributed by atoms with Crippen LogP contribution in [-0.4, -0.2) is 31.7 Å². The van der Waals surface area contributed by atoms with Gasteiger partial charge >= 0.3 is 11.9 Å². The highest BCUT2D eigenvalue weighted by atomic mass is 16.4. The molecule has 0 radical (unpaired) electrons. The van der Waals surface area contributed by atoms with Gasteiger partial charge in [-0.2, -0.15) is 0 Å². The lowest BCUT2D eigenvalue weighted by Crippen LogP contribution is -2.36. The van der Waals surface area contributed by atoms with Crippen molar-refractivity contribution in [1.82, 2.24) is 9.55 Å². The van der Waals surface area contributed by atoms with E-state index in [9.17, 15) is 19.8 Å². The number of rotatable bonds is 7. The summed E-state index contributed by atoms with van der Waals surface area (Å²) in [5.41, 5.74) is -0.257. The largest absolute Gasteiger partial charge is 0.481 e. The second-order valence-corrected chi connectivity index (χ2v) is 9.46. The molecule has 1 aliphatic carbocycles. The van der Waals surface area contributed by atoms with Crippen LogP contribution >= 0.6 is 0 Å². The van der Waals surface area contributed by atoms with E-state index in [-0.39, 0.29) is 0 Å². The molecular weight excluding hydrogens is 440 g/mol. The Bertz CT molecular complexity index is 1260. The zero-order valence-electron chi connectivity index (χ0n) is 19.5. The summed E-state index contributed by atoms with van der Waals surface area (Å²) in [7, 11) is 0. The van der Waals surface area contributed by atoms with Gasteiger partial charge in [0, 0.05) is 12.1 Å². The summed E-state index contributed by atoms with van der Waals surface area (Å²) >= 11 is 0. The van der Waals surface area contributed by atoms with Crippen LogP contribution < -0.4 is 0 Å². The Labute approximate surface area is 203 Å². The normalized spacial score (nSPS) is 23.5. The SMILES string of the molecule is CC1(C(=O)O)C(c2cn(C(c3ccccc3)(c3ccccc3)c3ccccc3)cn2)C1(C)C(=O)O. The molecule has 0 aliphatic heterocycles. The minimum Gasteiger partial charge on any atom is -0.481 e. The van der Waals surface area contributed by atoms with Crippen molar-refractivity contribution in [1.29, 1.82) is 0 Å². The molecule has 2 atom stereocenters. The number of carboxylic acids is 2. The van der Waals surface area contributed by atoms with Crippen LogP contribution in [0, 0.1) is 10.8 Å². The molecule has 2 unspecified atom stereocenters. The van der Waals surface area contributed by atoms with Crippen LogP contribution in [0.25, 0.3) is 0 Å². The molecule has 0 amide bonds. The van der Waals surface area contributed by atoms with E-state index in [0.29, 0.717) is 5.69 Å². The first kappa shape index (κ1) is 22.6. The van der Waals surface area contributed by atoms with Crippen molar-refractivity contribution < 1.29 is 19.8 Å². The third kappa shape index (κ3) is 2.99. The summed E-state index contributed by atoms with van der Waals surface area (Å²) in [5, 5.41) is 19.9. The predicted octanol–water partition coefficient (Wildman–Crippen LogP) is 5.00. The average molecular weight is 467 g/mol. The molecule has 2 N–H and O–H groups in total. The van der Waals surface area contributed by atoms with Gasteiger partial charge in [-0.15, -0.1) is 0 Å². The summed E-state index contributed by atoms with van der Waals surface area (Å²) in [4.78, 5) is 28.9. The molecule has 35 heavy (non-hydrogen) atoms. The number of carboxylic acid groups (broad SMARTS) is 2. The number of benzene rings is 3. The maximum absolute atomic E-state index is 12.2. The standard InChI is InChI=1S/C29H26N2O4/c1-27(25(32)33)24(28(27,2)26(34)35)23-18-31(19-30-23)29(20-12-6-3-7-13-20,21-14-8-4-9-15-21)22-16-10-5-11-17-22/h3-19,24H,1-2H3,(H,32,33)(H,34,35). The lowest BCUT2D eigenvalue weighted by atomic mass is 9.77. The third-order valence-electron chi connectivity index (χ3n) is 7.90. The fourth-order valence-electron chi connectivity index (χ4n) is 5.74. The van der Waals surface area contributed by atoms with Gasteiger partial charge in [-0.25, -0.2) is 4.98 Å². The molecule has 0 bridgehead atoms. The second-order valence-electron chi connectivity index (χ2n) is 9.46. The highest BCUT2D eigenvalue weighted by molar-refractivity contribution is 5.95. The van der Waals surface area contributed by atoms with Crippen molar-refractivity contribution in [2.45, 2.75) is 25.3 Å². The third-order valence-corrected chi connectivity index (χ3v) is 7.90. The number of nitrogens with zero attached hydrogens (tertiary/aromatic N) is 2. The Morgan fingerprint density at radius 3 is 1.46 bits per heavy atom. The van der Waals surface area contributed by atoms with Gasteiger partial charge in [0.1, 0.15) is 5.54 Å². The molecule has 4 aromatic rings. The Kier molecular flexibility index (Phi) is 5.13. The molecule has 6 heteroatoms. The summed E-state index contributed by atoms with van der Waals surface area (Å²) in [6.07, 6.45) is 3.50. The highest BCUT2D eigenvalue weighted by Gasteiger charge is 2.81. The van der Waals surface area contributed by atoms with Crippen LogP contribution in [0.4, 0.5) is 0 Å². The zero-order chi connectivity index (χ0) is 24.8. The summed E-state index contributed by atoms with van der Waals surface area (Å²) < 4.78 is 1.98. The van der Waals surface area contributed by atoms with Gasteiger partial charge in [0.25, 0.3) is 0 Å². The van der Waals surface area contributed by atoms with Crippen molar-refractivity contribution in [3.8, 4) is 0 Å². The second kappa shape index (κ2) is 7.94. The van der Waals surface area contributed by atoms with Crippen molar-refractivity contribution in [2.75, 3.05) is 0 Å². The molecule has 0 saturated heterocycles. The molecule has 1 aromatic heterocycles. The van der Waals surface area contributed by atoms with E-state index in [1.54, 1.807) is 6.33 Å². The van der Waals surface area contributed by atoms with Crippen LogP contribution in [0.3, 0.4) is 0 Å². The van der Waals surface area contributed by atoms with Gasteiger partial charge in [0.05, 0.1) is 22.9 Å². The average Bonchev–Trinajstić information content (AvgIpc) is 3.16. The quantitative estimate of drug-likeness (QED) is 0.374. The minimum atomic E-state index is -1.45. The molecular formula is C29H26N2O4. The van der Waals surface area contributed by atoms with E-state index < -0.39 is 34.2 Å². The van der Waals surface area contributed by atoms with E-state index in [1.165, 1.54) is 13.8 Å². The summed E-state index contributed by atoms with van der Waals surface area (Å²) in [6, 6.07) is 30.1. The highest BCUT2D eigenvalue weighted by Crippen LogP contribution is 2.74. The van der Waals surface area contributed by atoms with Crippen molar-refractivity contribution in [3.05, 3.63) is 126 Å². The van der Waals surface area contributed by atoms with Gasteiger partial charge in [0.15, 0.2) is 0 Å². The maximum Gasteiger partial charge on any atom is 0.311 e. The number of hydrogen-bond donors (Lipinski definition) is 2. The Morgan fingerprint density at radius 1 is 0.743 bits per heavy atom. The van der Waals surface area contributed by atoms with Gasteiger partial charge in [0.2, 0.25) is 0 Å². The number of hydrogen-bond acceptors (Lipinski definition) is 3. The Morgan fingerprint density at radius 2 is 1.11 bits per heavy atom. The van der Waals surface area contributed by atoms with E-state index in [4.69, 9.17) is 0 Å². The molecule has 0 spiro atoms. The van der Waals surface area contributed by atoms with E-state index in [2.05, 4.69) is 41.4 Å². The fourth-order valence-corrected chi connectivity index (χ4v) is 5.74. The van der Waals surface area contributed by atoms with Crippen molar-refractivity contribution in [2.24, 2.45) is 10.8 Å². The number of imidazole rings is 1. The molecule has 1 fully saturated rings. The van der Waals surface area contributed by atoms with Gasteiger partial charge < -0.3 is 14.8 Å². The Hall–Kier alpha value is -4.19. The number of aliphatic carboxylic acids is 2. The smallest absolute Gasteiger partial charge is 0.311 e. The van der Waals surface area contributed by atoms with Crippen molar-refractivity contribution in [3.63, 3.8) is 0 Å². The van der Waals surface area contributed by atoms with E-state index in [1.807, 2.05) is 65.4 Å². The predicted molar refractivity (Wildman–Crippen MR) is 131 cm³/mol. The van der Waals surface area contributed by atoms with E-state index >= 15 is 0 Å². The van der Waals surface area contributed by atoms with Gasteiger partial charge in [-0.05, 0) is 30.5 Å². The maximum atomic E-state index is 12.2. The van der Waals surface area contributed by atoms with Gasteiger partial charge in [-0.3, -0.25) is 9.59 Å². The molecule has 3 aromatic carbocycles. The fraction of sp³-hybridized carbons (Fsp3) is 0.207. The number of carbonyl (C=O) groups is 2. The molecule has 1 aliphatic rings. The monoisotopic (exact) mass is 466 g/mol. The first-order chi connectivity index (χ1) is 16.8. The molecule has 5 rings (SSSR count). The van der Waals surface area contributed by atoms with E-state index in [0.717, 1.165) is 16.7 Å². The first-order valence-electron chi connectivity index (χ1n) is 11.5. The molecule has 1 heterocycles. The lowest BCUT2D eigenvalue weighted by Gasteiger charge is -2.37. The zero-order valence-corrected chi connectivity index (χ0v) is 19.5. The number of aromatic nitrogens is 2. The first-order valence-corrected chi connectivity index (χ1v) is 11.5. The summed E-state index contributed by atoms with van der Waals surface area (Å²) in [6.45, 7) is 2.98. The minimum absolute atomic E-state index is 0.451. The molecule has 176 valence electrons. The molecule has 6 nitrogen and oxygen atoms in total. The lowest BCUT2D eigenvalue weighted by molar-refractivity contribution is -0.152. The van der Waals surface area contributed by atoms with Gasteiger partial charge in [-0.1, -0.05) is 91.0 Å². The van der Waals surface area contributed by atoms with Crippen molar-refractivity contribution >= 4 is 11.9 Å². The van der Waals surface area contributed by atoms with Crippen LogP contribution in [0.15, 0.2) is 104 Å². The Balaban J connectivity index is 1.77. The summed E-state index contributed by atoms with van der Waals surface area (Å²) in [5.74, 6) is -3.03. The van der Waals surface area contributed by atoms with Crippen LogP contribution in [0.1, 0.15) is 42.1 Å².